The molecule has 2 rings (SSSR count). The fourth-order valence-electron chi connectivity index (χ4n) is 1.46. The molecule has 0 fully saturated rings. The van der Waals surface area contributed by atoms with E-state index in [4.69, 9.17) is 5.73 Å². The Morgan fingerprint density at radius 1 is 1.50 bits per heavy atom. The van der Waals surface area contributed by atoms with Crippen molar-refractivity contribution in [2.45, 2.75) is 19.5 Å². The first-order chi connectivity index (χ1) is 6.48. The van der Waals surface area contributed by atoms with Gasteiger partial charge < -0.3 is 16.4 Å². The number of hydrogen-bond acceptors (Lipinski definition) is 4. The summed E-state index contributed by atoms with van der Waals surface area (Å²) in [6, 6.07) is 1.70. The van der Waals surface area contributed by atoms with Crippen molar-refractivity contribution in [1.82, 2.24) is 4.98 Å². The van der Waals surface area contributed by atoms with Gasteiger partial charge in [-0.15, -0.1) is 0 Å². The highest BCUT2D eigenvalue weighted by molar-refractivity contribution is 5.94. The van der Waals surface area contributed by atoms with E-state index < -0.39 is 5.91 Å². The number of carbonyl (C=O) groups is 1. The number of nitrogens with two attached hydrogens (primary N) is 1. The molecule has 0 atom stereocenters. The van der Waals surface area contributed by atoms with Gasteiger partial charge >= 0.3 is 0 Å². The number of primary amides is 1. The zero-order valence-corrected chi connectivity index (χ0v) is 8.09. The largest absolute Gasteiger partial charge is 0.366 e. The van der Waals surface area contributed by atoms with E-state index in [0.29, 0.717) is 5.56 Å². The first-order valence-corrected chi connectivity index (χ1v) is 4.34. The third-order valence-electron chi connectivity index (χ3n) is 2.05. The number of nitrogens with zero attached hydrogens (tertiary/aromatic N) is 1. The van der Waals surface area contributed by atoms with Crippen LogP contribution in [0, 0.1) is 0 Å². The standard InChI is InChI=1S/C9H12N4O/c1-9(2)12-6-3-5(7(10)14)4-11-8(6)13-9/h3-4,12H,1-2H3,(H2,10,14)(H,11,13). The Kier molecular flexibility index (Phi) is 1.64. The molecule has 1 aromatic rings. The van der Waals surface area contributed by atoms with Crippen molar-refractivity contribution in [3.8, 4) is 0 Å². The van der Waals surface area contributed by atoms with E-state index in [1.807, 2.05) is 13.8 Å². The second-order valence-corrected chi connectivity index (χ2v) is 3.86. The average Bonchev–Trinajstić information content (AvgIpc) is 2.36. The Hall–Kier alpha value is -1.78. The second-order valence-electron chi connectivity index (χ2n) is 3.86. The van der Waals surface area contributed by atoms with Crippen LogP contribution in [0.2, 0.25) is 0 Å². The van der Waals surface area contributed by atoms with Crippen molar-refractivity contribution in [1.29, 1.82) is 0 Å². The van der Waals surface area contributed by atoms with Gasteiger partial charge in [0.15, 0.2) is 5.82 Å². The Bertz CT molecular complexity index is 400. The molecule has 0 saturated carbocycles. The molecular formula is C9H12N4O. The van der Waals surface area contributed by atoms with Crippen LogP contribution in [0.5, 0.6) is 0 Å². The highest BCUT2D eigenvalue weighted by Gasteiger charge is 2.27. The maximum absolute atomic E-state index is 10.9. The number of nitrogens with one attached hydrogen (secondary N) is 2. The summed E-state index contributed by atoms with van der Waals surface area (Å²) in [5.74, 6) is 0.284. The van der Waals surface area contributed by atoms with Gasteiger partial charge in [-0.2, -0.15) is 0 Å². The van der Waals surface area contributed by atoms with E-state index >= 15 is 0 Å². The van der Waals surface area contributed by atoms with Crippen LogP contribution < -0.4 is 16.4 Å². The Morgan fingerprint density at radius 3 is 2.86 bits per heavy atom. The summed E-state index contributed by atoms with van der Waals surface area (Å²) in [5.41, 5.74) is 6.14. The minimum atomic E-state index is -0.466. The normalized spacial score (nSPS) is 16.7. The van der Waals surface area contributed by atoms with Crippen LogP contribution in [0.4, 0.5) is 11.5 Å². The van der Waals surface area contributed by atoms with E-state index in [1.54, 1.807) is 6.07 Å². The third kappa shape index (κ3) is 1.37. The zero-order valence-electron chi connectivity index (χ0n) is 8.09. The van der Waals surface area contributed by atoms with Gasteiger partial charge in [0.05, 0.1) is 11.3 Å². The van der Waals surface area contributed by atoms with Crippen molar-refractivity contribution in [3.05, 3.63) is 17.8 Å². The minimum Gasteiger partial charge on any atom is -0.366 e. The van der Waals surface area contributed by atoms with Gasteiger partial charge in [-0.1, -0.05) is 0 Å². The summed E-state index contributed by atoms with van der Waals surface area (Å²) >= 11 is 0. The van der Waals surface area contributed by atoms with Crippen molar-refractivity contribution in [2.24, 2.45) is 5.73 Å². The monoisotopic (exact) mass is 192 g/mol. The number of fused-ring (bicyclic) bond motifs is 1. The summed E-state index contributed by atoms with van der Waals surface area (Å²) in [4.78, 5) is 15.0. The summed E-state index contributed by atoms with van der Waals surface area (Å²) < 4.78 is 0. The van der Waals surface area contributed by atoms with Gasteiger partial charge in [0.2, 0.25) is 5.91 Å². The van der Waals surface area contributed by atoms with Crippen molar-refractivity contribution >= 4 is 17.4 Å². The van der Waals surface area contributed by atoms with Crippen LogP contribution in [0.25, 0.3) is 0 Å². The van der Waals surface area contributed by atoms with Gasteiger partial charge in [-0.25, -0.2) is 4.98 Å². The lowest BCUT2D eigenvalue weighted by atomic mass is 10.2. The lowest BCUT2D eigenvalue weighted by Crippen LogP contribution is -2.33. The molecule has 74 valence electrons. The van der Waals surface area contributed by atoms with Crippen LogP contribution >= 0.6 is 0 Å². The summed E-state index contributed by atoms with van der Waals surface area (Å²) in [6.45, 7) is 3.97. The summed E-state index contributed by atoms with van der Waals surface area (Å²) in [6.07, 6.45) is 1.47. The second kappa shape index (κ2) is 2.60. The highest BCUT2D eigenvalue weighted by Crippen LogP contribution is 2.31. The predicted molar refractivity (Wildman–Crippen MR) is 54.1 cm³/mol. The van der Waals surface area contributed by atoms with Crippen LogP contribution in [-0.4, -0.2) is 16.6 Å². The molecule has 0 aromatic carbocycles. The number of amides is 1. The number of hydrogen-bond donors (Lipinski definition) is 3. The molecule has 0 aliphatic carbocycles. The predicted octanol–water partition coefficient (Wildman–Crippen LogP) is 0.754. The topological polar surface area (TPSA) is 80.0 Å². The Labute approximate surface area is 81.7 Å². The third-order valence-corrected chi connectivity index (χ3v) is 2.05. The molecule has 14 heavy (non-hydrogen) atoms. The molecule has 0 unspecified atom stereocenters. The zero-order chi connectivity index (χ0) is 10.3. The molecule has 5 heteroatoms. The van der Waals surface area contributed by atoms with Gasteiger partial charge in [0, 0.05) is 6.20 Å². The number of carbonyl (C=O) groups excluding carboxylic acids is 1. The summed E-state index contributed by atoms with van der Waals surface area (Å²) in [5, 5.41) is 6.35. The van der Waals surface area contributed by atoms with Crippen LogP contribution in [0.15, 0.2) is 12.3 Å². The SMILES string of the molecule is CC1(C)Nc2cc(C(N)=O)cnc2N1. The quantitative estimate of drug-likeness (QED) is 0.613. The molecule has 0 spiro atoms. The number of anilines is 2. The molecule has 1 aliphatic rings. The smallest absolute Gasteiger partial charge is 0.250 e. The lowest BCUT2D eigenvalue weighted by Gasteiger charge is -2.18. The van der Waals surface area contributed by atoms with Gasteiger partial charge in [0.25, 0.3) is 0 Å². The molecule has 0 saturated heterocycles. The van der Waals surface area contributed by atoms with Crippen molar-refractivity contribution < 1.29 is 4.79 Å². The number of aromatic nitrogens is 1. The van der Waals surface area contributed by atoms with E-state index in [0.717, 1.165) is 11.5 Å². The molecule has 0 bridgehead atoms. The first-order valence-electron chi connectivity index (χ1n) is 4.34. The molecule has 0 radical (unpaired) electrons. The maximum atomic E-state index is 10.9. The first kappa shape index (κ1) is 8.80. The van der Waals surface area contributed by atoms with Crippen LogP contribution in [0.3, 0.4) is 0 Å². The van der Waals surface area contributed by atoms with E-state index in [9.17, 15) is 4.79 Å². The Balaban J connectivity index is 2.40. The van der Waals surface area contributed by atoms with Crippen molar-refractivity contribution in [3.63, 3.8) is 0 Å². The molecule has 2 heterocycles. The Morgan fingerprint density at radius 2 is 2.21 bits per heavy atom. The van der Waals surface area contributed by atoms with E-state index in [-0.39, 0.29) is 5.66 Å². The fraction of sp³-hybridized carbons (Fsp3) is 0.333. The molecule has 1 amide bonds. The van der Waals surface area contributed by atoms with Crippen LogP contribution in [0.1, 0.15) is 24.2 Å². The minimum absolute atomic E-state index is 0.231. The molecule has 1 aliphatic heterocycles. The highest BCUT2D eigenvalue weighted by atomic mass is 16.1. The maximum Gasteiger partial charge on any atom is 0.250 e. The molecular weight excluding hydrogens is 180 g/mol. The molecule has 5 nitrogen and oxygen atoms in total. The van der Waals surface area contributed by atoms with E-state index in [2.05, 4.69) is 15.6 Å². The summed E-state index contributed by atoms with van der Waals surface area (Å²) in [7, 11) is 0. The average molecular weight is 192 g/mol. The van der Waals surface area contributed by atoms with E-state index in [1.165, 1.54) is 6.20 Å². The number of rotatable bonds is 1. The van der Waals surface area contributed by atoms with Crippen molar-refractivity contribution in [2.75, 3.05) is 10.6 Å². The molecule has 4 N–H and O–H groups in total. The fourth-order valence-corrected chi connectivity index (χ4v) is 1.46. The molecule has 1 aromatic heterocycles. The lowest BCUT2D eigenvalue weighted by molar-refractivity contribution is 0.1000. The van der Waals surface area contributed by atoms with Crippen LogP contribution in [-0.2, 0) is 0 Å². The van der Waals surface area contributed by atoms with Gasteiger partial charge in [-0.3, -0.25) is 4.79 Å². The number of pyridine rings is 1. The van der Waals surface area contributed by atoms with Gasteiger partial charge in [-0.05, 0) is 19.9 Å². The van der Waals surface area contributed by atoms with Gasteiger partial charge in [0.1, 0.15) is 5.66 Å².